The number of nitrogens with two attached hydrogens (primary N) is 1. The van der Waals surface area contributed by atoms with Crippen LogP contribution in [0, 0.1) is 0 Å². The van der Waals surface area contributed by atoms with Crippen molar-refractivity contribution in [2.24, 2.45) is 5.73 Å². The van der Waals surface area contributed by atoms with E-state index in [0.717, 1.165) is 11.1 Å². The largest absolute Gasteiger partial charge is 0.320 e. The van der Waals surface area contributed by atoms with E-state index < -0.39 is 0 Å². The van der Waals surface area contributed by atoms with Crippen LogP contribution in [0.2, 0.25) is 0 Å². The van der Waals surface area contributed by atoms with E-state index in [9.17, 15) is 0 Å². The first-order valence-electron chi connectivity index (χ1n) is 6.45. The van der Waals surface area contributed by atoms with Crippen LogP contribution in [-0.2, 0) is 0 Å². The summed E-state index contributed by atoms with van der Waals surface area (Å²) in [6.45, 7) is 0. The van der Waals surface area contributed by atoms with Gasteiger partial charge in [0.2, 0.25) is 0 Å². The topological polar surface area (TPSA) is 80.5 Å². The van der Waals surface area contributed by atoms with Crippen molar-refractivity contribution in [3.63, 3.8) is 0 Å². The van der Waals surface area contributed by atoms with Gasteiger partial charge in [-0.15, -0.1) is 10.2 Å². The zero-order chi connectivity index (χ0) is 13.8. The summed E-state index contributed by atoms with van der Waals surface area (Å²) < 4.78 is 0. The molecule has 0 aliphatic carbocycles. The third kappa shape index (κ3) is 2.44. The summed E-state index contributed by atoms with van der Waals surface area (Å²) in [6.07, 6.45) is 0. The molecule has 0 bridgehead atoms. The quantitative estimate of drug-likeness (QED) is 0.756. The lowest BCUT2D eigenvalue weighted by molar-refractivity contribution is 0.593. The first kappa shape index (κ1) is 12.5. The van der Waals surface area contributed by atoms with E-state index in [1.165, 1.54) is 0 Å². The minimum Gasteiger partial charge on any atom is -0.320 e. The van der Waals surface area contributed by atoms with E-state index in [0.29, 0.717) is 5.82 Å². The molecule has 3 aromatic rings. The maximum atomic E-state index is 6.36. The second kappa shape index (κ2) is 5.63. The number of rotatable bonds is 4. The van der Waals surface area contributed by atoms with Gasteiger partial charge in [-0.2, -0.15) is 5.21 Å². The summed E-state index contributed by atoms with van der Waals surface area (Å²) in [5.74, 6) is 0.512. The predicted octanol–water partition coefficient (Wildman–Crippen LogP) is 2.03. The van der Waals surface area contributed by atoms with E-state index in [-0.39, 0.29) is 12.0 Å². The third-order valence-electron chi connectivity index (χ3n) is 3.34. The van der Waals surface area contributed by atoms with Crippen LogP contribution < -0.4 is 5.73 Å². The molecule has 0 fully saturated rings. The highest BCUT2D eigenvalue weighted by Gasteiger charge is 2.26. The van der Waals surface area contributed by atoms with Gasteiger partial charge in [0.05, 0.1) is 6.04 Å². The Bertz CT molecular complexity index is 597. The molecule has 1 aromatic heterocycles. The van der Waals surface area contributed by atoms with Gasteiger partial charge in [0.15, 0.2) is 5.82 Å². The van der Waals surface area contributed by atoms with Crippen LogP contribution in [0.25, 0.3) is 0 Å². The van der Waals surface area contributed by atoms with E-state index in [4.69, 9.17) is 5.73 Å². The fraction of sp³-hybridized carbons (Fsp3) is 0.133. The molecule has 5 heteroatoms. The lowest BCUT2D eigenvalue weighted by atomic mass is 9.85. The van der Waals surface area contributed by atoms with Crippen LogP contribution in [0.4, 0.5) is 0 Å². The SMILES string of the molecule is NC(c1nn[nH]n1)C(c1ccccc1)c1ccccc1. The first-order valence-corrected chi connectivity index (χ1v) is 6.45. The van der Waals surface area contributed by atoms with Crippen molar-refractivity contribution in [2.45, 2.75) is 12.0 Å². The van der Waals surface area contributed by atoms with Crippen molar-refractivity contribution in [3.8, 4) is 0 Å². The summed E-state index contributed by atoms with van der Waals surface area (Å²) in [6, 6.07) is 19.9. The number of aromatic nitrogens is 4. The van der Waals surface area contributed by atoms with Crippen LogP contribution in [0.15, 0.2) is 60.7 Å². The van der Waals surface area contributed by atoms with Gasteiger partial charge < -0.3 is 5.73 Å². The number of hydrogen-bond donors (Lipinski definition) is 2. The number of tetrazole rings is 1. The van der Waals surface area contributed by atoms with Crippen LogP contribution in [0.3, 0.4) is 0 Å². The Balaban J connectivity index is 2.05. The number of nitrogens with zero attached hydrogens (tertiary/aromatic N) is 3. The third-order valence-corrected chi connectivity index (χ3v) is 3.34. The Morgan fingerprint density at radius 3 is 1.85 bits per heavy atom. The van der Waals surface area contributed by atoms with E-state index >= 15 is 0 Å². The van der Waals surface area contributed by atoms with E-state index in [1.807, 2.05) is 36.4 Å². The fourth-order valence-corrected chi connectivity index (χ4v) is 2.39. The Hall–Kier alpha value is -2.53. The highest BCUT2D eigenvalue weighted by molar-refractivity contribution is 5.35. The summed E-state index contributed by atoms with van der Waals surface area (Å²) in [5, 5.41) is 14.1. The second-order valence-electron chi connectivity index (χ2n) is 4.59. The molecule has 0 radical (unpaired) electrons. The molecular formula is C15H15N5. The van der Waals surface area contributed by atoms with Crippen LogP contribution >= 0.6 is 0 Å². The van der Waals surface area contributed by atoms with Gasteiger partial charge in [-0.05, 0) is 11.1 Å². The molecule has 1 unspecified atom stereocenters. The fourth-order valence-electron chi connectivity index (χ4n) is 2.39. The molecule has 0 aliphatic rings. The first-order chi connectivity index (χ1) is 9.86. The zero-order valence-electron chi connectivity index (χ0n) is 10.8. The molecule has 1 heterocycles. The summed E-state index contributed by atoms with van der Waals surface area (Å²) in [7, 11) is 0. The van der Waals surface area contributed by atoms with Gasteiger partial charge >= 0.3 is 0 Å². The van der Waals surface area contributed by atoms with Crippen molar-refractivity contribution in [3.05, 3.63) is 77.6 Å². The predicted molar refractivity (Wildman–Crippen MR) is 75.8 cm³/mol. The molecule has 2 aromatic carbocycles. The molecule has 20 heavy (non-hydrogen) atoms. The minimum atomic E-state index is -0.349. The van der Waals surface area contributed by atoms with Crippen LogP contribution in [-0.4, -0.2) is 20.6 Å². The average molecular weight is 265 g/mol. The standard InChI is InChI=1S/C15H15N5/c16-14(15-17-19-20-18-15)13(11-7-3-1-4-8-11)12-9-5-2-6-10-12/h1-10,13-14H,16H2,(H,17,18,19,20). The van der Waals surface area contributed by atoms with E-state index in [2.05, 4.69) is 44.9 Å². The summed E-state index contributed by atoms with van der Waals surface area (Å²) in [5.41, 5.74) is 8.63. The maximum Gasteiger partial charge on any atom is 0.192 e. The van der Waals surface area contributed by atoms with Crippen molar-refractivity contribution in [1.82, 2.24) is 20.6 Å². The zero-order valence-corrected chi connectivity index (χ0v) is 10.8. The summed E-state index contributed by atoms with van der Waals surface area (Å²) >= 11 is 0. The molecule has 0 amide bonds. The average Bonchev–Trinajstić information content (AvgIpc) is 3.04. The molecule has 0 saturated carbocycles. The maximum absolute atomic E-state index is 6.36. The van der Waals surface area contributed by atoms with Gasteiger partial charge in [0.1, 0.15) is 0 Å². The van der Waals surface area contributed by atoms with Crippen LogP contribution in [0.5, 0.6) is 0 Å². The number of aromatic amines is 1. The van der Waals surface area contributed by atoms with Gasteiger partial charge in [-0.3, -0.25) is 0 Å². The van der Waals surface area contributed by atoms with Crippen molar-refractivity contribution in [1.29, 1.82) is 0 Å². The van der Waals surface area contributed by atoms with Gasteiger partial charge in [-0.25, -0.2) is 0 Å². The smallest absolute Gasteiger partial charge is 0.192 e. The van der Waals surface area contributed by atoms with Crippen molar-refractivity contribution >= 4 is 0 Å². The Kier molecular flexibility index (Phi) is 3.52. The lowest BCUT2D eigenvalue weighted by Crippen LogP contribution is -2.22. The highest BCUT2D eigenvalue weighted by atomic mass is 15.5. The van der Waals surface area contributed by atoms with Gasteiger partial charge in [-0.1, -0.05) is 65.9 Å². The van der Waals surface area contributed by atoms with E-state index in [1.54, 1.807) is 0 Å². The molecule has 5 nitrogen and oxygen atoms in total. The number of H-pyrrole nitrogens is 1. The van der Waals surface area contributed by atoms with Gasteiger partial charge in [0.25, 0.3) is 0 Å². The molecule has 100 valence electrons. The summed E-state index contributed by atoms with van der Waals surface area (Å²) in [4.78, 5) is 0. The van der Waals surface area contributed by atoms with Gasteiger partial charge in [0, 0.05) is 5.92 Å². The molecule has 1 atom stereocenters. The number of hydrogen-bond acceptors (Lipinski definition) is 4. The van der Waals surface area contributed by atoms with Crippen LogP contribution in [0.1, 0.15) is 28.9 Å². The molecular weight excluding hydrogens is 250 g/mol. The molecule has 3 N–H and O–H groups in total. The number of benzene rings is 2. The second-order valence-corrected chi connectivity index (χ2v) is 4.59. The van der Waals surface area contributed by atoms with Crippen molar-refractivity contribution < 1.29 is 0 Å². The molecule has 0 aliphatic heterocycles. The monoisotopic (exact) mass is 265 g/mol. The molecule has 3 rings (SSSR count). The van der Waals surface area contributed by atoms with Crippen molar-refractivity contribution in [2.75, 3.05) is 0 Å². The normalized spacial score (nSPS) is 12.5. The minimum absolute atomic E-state index is 0.00463. The molecule has 0 spiro atoms. The molecule has 0 saturated heterocycles. The Morgan fingerprint density at radius 2 is 1.40 bits per heavy atom. The lowest BCUT2D eigenvalue weighted by Gasteiger charge is -2.22. The Morgan fingerprint density at radius 1 is 0.850 bits per heavy atom. The number of nitrogens with one attached hydrogen (secondary N) is 1. The highest BCUT2D eigenvalue weighted by Crippen LogP contribution is 2.33. The Labute approximate surface area is 116 Å².